The van der Waals surface area contributed by atoms with E-state index in [9.17, 15) is 14.4 Å². The summed E-state index contributed by atoms with van der Waals surface area (Å²) in [6, 6.07) is 0. The number of nitrogens with zero attached hydrogens (tertiary/aromatic N) is 3. The van der Waals surface area contributed by atoms with Gasteiger partial charge >= 0.3 is 11.8 Å². The molecule has 11 nitrogen and oxygen atoms in total. The van der Waals surface area contributed by atoms with Crippen molar-refractivity contribution in [1.82, 2.24) is 19.9 Å². The molecule has 0 fully saturated rings. The fourth-order valence-electron chi connectivity index (χ4n) is 1.93. The third-order valence-electron chi connectivity index (χ3n) is 2.91. The van der Waals surface area contributed by atoms with Crippen LogP contribution in [-0.4, -0.2) is 44.8 Å². The number of hydrogen-bond donors (Lipinski definition) is 3. The molecular formula is C12H11N5O6. The van der Waals surface area contributed by atoms with Gasteiger partial charge in [-0.05, 0) is 0 Å². The van der Waals surface area contributed by atoms with E-state index in [1.165, 1.54) is 12.4 Å². The highest BCUT2D eigenvalue weighted by molar-refractivity contribution is 5.93. The van der Waals surface area contributed by atoms with Gasteiger partial charge in [-0.3, -0.25) is 4.79 Å². The summed E-state index contributed by atoms with van der Waals surface area (Å²) < 4.78 is 11.2. The van der Waals surface area contributed by atoms with Crippen LogP contribution in [0.4, 0.5) is 10.6 Å². The summed E-state index contributed by atoms with van der Waals surface area (Å²) in [5.74, 6) is -0.377. The van der Waals surface area contributed by atoms with Crippen molar-refractivity contribution in [2.75, 3.05) is 18.5 Å². The number of carbonyl (C=O) groups is 2. The van der Waals surface area contributed by atoms with E-state index in [0.29, 0.717) is 0 Å². The molecule has 2 aromatic rings. The highest BCUT2D eigenvalue weighted by Gasteiger charge is 2.20. The van der Waals surface area contributed by atoms with E-state index in [1.54, 1.807) is 0 Å². The van der Waals surface area contributed by atoms with Gasteiger partial charge in [-0.25, -0.2) is 24.1 Å². The molecule has 0 spiro atoms. The van der Waals surface area contributed by atoms with Gasteiger partial charge < -0.3 is 24.9 Å². The Kier molecular flexibility index (Phi) is 3.66. The van der Waals surface area contributed by atoms with Crippen LogP contribution in [0.2, 0.25) is 0 Å². The molecule has 0 radical (unpaired) electrons. The third-order valence-corrected chi connectivity index (χ3v) is 2.91. The van der Waals surface area contributed by atoms with Crippen molar-refractivity contribution in [2.45, 2.75) is 6.42 Å². The molecular weight excluding hydrogens is 310 g/mol. The van der Waals surface area contributed by atoms with Gasteiger partial charge in [-0.2, -0.15) is 0 Å². The molecule has 3 N–H and O–H groups in total. The first-order chi connectivity index (χ1) is 11.0. The molecule has 0 unspecified atom stereocenters. The number of carbonyl (C=O) groups excluding carboxylic acids is 1. The van der Waals surface area contributed by atoms with Gasteiger partial charge in [-0.15, -0.1) is 0 Å². The molecule has 0 bridgehead atoms. The van der Waals surface area contributed by atoms with Crippen LogP contribution in [0, 0.1) is 0 Å². The van der Waals surface area contributed by atoms with Gasteiger partial charge in [0.1, 0.15) is 5.76 Å². The average molecular weight is 321 g/mol. The van der Waals surface area contributed by atoms with Crippen LogP contribution in [0.1, 0.15) is 5.76 Å². The molecule has 0 saturated heterocycles. The number of hydrogen-bond acceptors (Lipinski definition) is 7. The Morgan fingerprint density at radius 3 is 3.09 bits per heavy atom. The second-order valence-electron chi connectivity index (χ2n) is 4.53. The minimum Gasteiger partial charge on any atom is -0.465 e. The average Bonchev–Trinajstić information content (AvgIpc) is 2.87. The topological polar surface area (TPSA) is 149 Å². The zero-order chi connectivity index (χ0) is 16.4. The molecule has 3 heterocycles. The fourth-order valence-corrected chi connectivity index (χ4v) is 1.93. The van der Waals surface area contributed by atoms with E-state index < -0.39 is 11.8 Å². The zero-order valence-electron chi connectivity index (χ0n) is 11.6. The van der Waals surface area contributed by atoms with Gasteiger partial charge in [0, 0.05) is 13.0 Å². The molecule has 0 aliphatic carbocycles. The van der Waals surface area contributed by atoms with Gasteiger partial charge in [0.05, 0.1) is 12.4 Å². The van der Waals surface area contributed by atoms with E-state index in [-0.39, 0.29) is 48.8 Å². The standard InChI is InChI=1S/C12H11N5O6/c18-8-5-22-10-9(16-8)15-7(3-14-10)17-4-6(23-12(17)21)1-2-13-11(19)20/h3-4,13H,1-2,5H2,(H,19,20)(H,15,16,18). The first-order valence-electron chi connectivity index (χ1n) is 6.51. The van der Waals surface area contributed by atoms with E-state index in [4.69, 9.17) is 14.3 Å². The number of oxazole rings is 1. The van der Waals surface area contributed by atoms with Gasteiger partial charge in [0.2, 0.25) is 0 Å². The van der Waals surface area contributed by atoms with Gasteiger partial charge in [0.25, 0.3) is 11.8 Å². The van der Waals surface area contributed by atoms with Crippen molar-refractivity contribution in [1.29, 1.82) is 0 Å². The molecule has 2 amide bonds. The van der Waals surface area contributed by atoms with Crippen LogP contribution < -0.4 is 21.1 Å². The van der Waals surface area contributed by atoms with Crippen molar-refractivity contribution in [3.63, 3.8) is 0 Å². The number of fused-ring (bicyclic) bond motifs is 1. The maximum absolute atomic E-state index is 11.8. The second-order valence-corrected chi connectivity index (χ2v) is 4.53. The molecule has 0 aromatic carbocycles. The summed E-state index contributed by atoms with van der Waals surface area (Å²) in [6.45, 7) is -0.0462. The van der Waals surface area contributed by atoms with Crippen LogP contribution >= 0.6 is 0 Å². The molecule has 1 aliphatic heterocycles. The Bertz CT molecular complexity index is 826. The molecule has 23 heavy (non-hydrogen) atoms. The van der Waals surface area contributed by atoms with Gasteiger partial charge in [0.15, 0.2) is 18.2 Å². The van der Waals surface area contributed by atoms with Gasteiger partial charge in [-0.1, -0.05) is 0 Å². The van der Waals surface area contributed by atoms with E-state index in [2.05, 4.69) is 20.6 Å². The molecule has 0 atom stereocenters. The Hall–Kier alpha value is -3.37. The molecule has 1 aliphatic rings. The quantitative estimate of drug-likeness (QED) is 0.673. The fraction of sp³-hybridized carbons (Fsp3) is 0.250. The zero-order valence-corrected chi connectivity index (χ0v) is 11.6. The van der Waals surface area contributed by atoms with Crippen molar-refractivity contribution < 1.29 is 23.8 Å². The first kappa shape index (κ1) is 14.6. The smallest absolute Gasteiger partial charge is 0.425 e. The monoisotopic (exact) mass is 321 g/mol. The number of rotatable bonds is 4. The van der Waals surface area contributed by atoms with Crippen molar-refractivity contribution in [2.24, 2.45) is 0 Å². The number of carboxylic acid groups (broad SMARTS) is 1. The van der Waals surface area contributed by atoms with Crippen LogP contribution in [0.5, 0.6) is 5.88 Å². The normalized spacial score (nSPS) is 13.0. The summed E-state index contributed by atoms with van der Waals surface area (Å²) in [4.78, 5) is 41.6. The van der Waals surface area contributed by atoms with E-state index in [1.807, 2.05) is 0 Å². The largest absolute Gasteiger partial charge is 0.465 e. The summed E-state index contributed by atoms with van der Waals surface area (Å²) in [5, 5.41) is 13.1. The van der Waals surface area contributed by atoms with Crippen LogP contribution in [0.3, 0.4) is 0 Å². The predicted molar refractivity (Wildman–Crippen MR) is 73.8 cm³/mol. The maximum Gasteiger partial charge on any atom is 0.425 e. The van der Waals surface area contributed by atoms with Crippen molar-refractivity contribution in [3.05, 3.63) is 28.7 Å². The minimum absolute atomic E-state index is 0.0993. The third kappa shape index (κ3) is 3.12. The number of amides is 2. The summed E-state index contributed by atoms with van der Waals surface area (Å²) in [6.07, 6.45) is 1.72. The Morgan fingerprint density at radius 2 is 2.30 bits per heavy atom. The van der Waals surface area contributed by atoms with Crippen molar-refractivity contribution >= 4 is 17.8 Å². The lowest BCUT2D eigenvalue weighted by molar-refractivity contribution is -0.118. The number of nitrogens with one attached hydrogen (secondary N) is 2. The maximum atomic E-state index is 11.8. The van der Waals surface area contributed by atoms with E-state index >= 15 is 0 Å². The number of anilines is 1. The summed E-state index contributed by atoms with van der Waals surface area (Å²) in [5.41, 5.74) is 0. The lowest BCUT2D eigenvalue weighted by Gasteiger charge is -2.15. The lowest BCUT2D eigenvalue weighted by atomic mass is 10.3. The highest BCUT2D eigenvalue weighted by Crippen LogP contribution is 2.22. The Morgan fingerprint density at radius 1 is 1.48 bits per heavy atom. The predicted octanol–water partition coefficient (Wildman–Crippen LogP) is -0.639. The van der Waals surface area contributed by atoms with Crippen molar-refractivity contribution in [3.8, 4) is 11.7 Å². The van der Waals surface area contributed by atoms with Crippen LogP contribution in [-0.2, 0) is 11.2 Å². The second kappa shape index (κ2) is 5.79. The lowest BCUT2D eigenvalue weighted by Crippen LogP contribution is -2.27. The Balaban J connectivity index is 1.83. The molecule has 2 aromatic heterocycles. The molecule has 120 valence electrons. The van der Waals surface area contributed by atoms with Crippen LogP contribution in [0.15, 0.2) is 21.6 Å². The SMILES string of the molecule is O=C(O)NCCc1cn(-c2cnc3c(n2)NC(=O)CO3)c(=O)o1. The van der Waals surface area contributed by atoms with E-state index in [0.717, 1.165) is 4.57 Å². The molecule has 3 rings (SSSR count). The summed E-state index contributed by atoms with van der Waals surface area (Å²) in [7, 11) is 0. The number of ether oxygens (including phenoxy) is 1. The number of aromatic nitrogens is 3. The molecule has 0 saturated carbocycles. The van der Waals surface area contributed by atoms with Crippen LogP contribution in [0.25, 0.3) is 5.82 Å². The highest BCUT2D eigenvalue weighted by atomic mass is 16.5. The Labute approximate surface area is 127 Å². The molecule has 11 heteroatoms. The first-order valence-corrected chi connectivity index (χ1v) is 6.51. The summed E-state index contributed by atoms with van der Waals surface area (Å²) >= 11 is 0. The minimum atomic E-state index is -1.16.